The Bertz CT molecular complexity index is 627. The second-order valence-electron chi connectivity index (χ2n) is 4.34. The number of rotatable bonds is 1. The average molecular weight is 230 g/mol. The molecule has 17 heavy (non-hydrogen) atoms. The normalized spacial score (nSPS) is 10.8. The molecule has 0 heterocycles. The third kappa shape index (κ3) is 1.73. The van der Waals surface area contributed by atoms with Crippen molar-refractivity contribution in [1.29, 1.82) is 0 Å². The van der Waals surface area contributed by atoms with Gasteiger partial charge in [-0.25, -0.2) is 4.79 Å². The fourth-order valence-electron chi connectivity index (χ4n) is 2.05. The summed E-state index contributed by atoms with van der Waals surface area (Å²) in [5.74, 6) is -0.674. The van der Waals surface area contributed by atoms with Gasteiger partial charge in [0.1, 0.15) is 5.75 Å². The van der Waals surface area contributed by atoms with Gasteiger partial charge in [-0.15, -0.1) is 0 Å². The lowest BCUT2D eigenvalue weighted by Gasteiger charge is -2.10. The molecule has 0 aliphatic heterocycles. The van der Waals surface area contributed by atoms with Crippen LogP contribution in [-0.4, -0.2) is 16.2 Å². The molecule has 0 bridgehead atoms. The van der Waals surface area contributed by atoms with E-state index in [-0.39, 0.29) is 5.75 Å². The summed E-state index contributed by atoms with van der Waals surface area (Å²) < 4.78 is 0. The minimum absolute atomic E-state index is 0.248. The average Bonchev–Trinajstić information content (AvgIpc) is 2.25. The van der Waals surface area contributed by atoms with Gasteiger partial charge in [-0.3, -0.25) is 0 Å². The topological polar surface area (TPSA) is 57.5 Å². The van der Waals surface area contributed by atoms with Crippen molar-refractivity contribution in [3.63, 3.8) is 0 Å². The van der Waals surface area contributed by atoms with Crippen LogP contribution in [-0.2, 0) is 0 Å². The fraction of sp³-hybridized carbons (Fsp3) is 0.214. The quantitative estimate of drug-likeness (QED) is 0.791. The number of aryl methyl sites for hydroxylation is 2. The standard InChI is InChI=1S/C14H14O3/c1-7-4-10-5-13(15)9(3)8(2)12(10)6-11(7)14(16)17/h4-6,15H,1-3H3,(H,16,17). The highest BCUT2D eigenvalue weighted by Crippen LogP contribution is 2.30. The van der Waals surface area contributed by atoms with Gasteiger partial charge in [0, 0.05) is 0 Å². The van der Waals surface area contributed by atoms with Gasteiger partial charge in [0.2, 0.25) is 0 Å². The Morgan fingerprint density at radius 3 is 2.29 bits per heavy atom. The second-order valence-corrected chi connectivity index (χ2v) is 4.34. The molecule has 0 atom stereocenters. The molecule has 88 valence electrons. The lowest BCUT2D eigenvalue weighted by atomic mass is 9.95. The molecule has 0 radical (unpaired) electrons. The van der Waals surface area contributed by atoms with Gasteiger partial charge in [0.25, 0.3) is 0 Å². The van der Waals surface area contributed by atoms with E-state index >= 15 is 0 Å². The number of carboxylic acid groups (broad SMARTS) is 1. The van der Waals surface area contributed by atoms with Crippen molar-refractivity contribution in [1.82, 2.24) is 0 Å². The van der Waals surface area contributed by atoms with Crippen molar-refractivity contribution in [3.8, 4) is 5.75 Å². The third-order valence-electron chi connectivity index (χ3n) is 3.27. The Balaban J connectivity index is 2.89. The van der Waals surface area contributed by atoms with E-state index < -0.39 is 5.97 Å². The van der Waals surface area contributed by atoms with Gasteiger partial charge in [-0.1, -0.05) is 6.07 Å². The zero-order valence-electron chi connectivity index (χ0n) is 10.0. The summed E-state index contributed by atoms with van der Waals surface area (Å²) in [4.78, 5) is 11.1. The van der Waals surface area contributed by atoms with Crippen LogP contribution in [0.1, 0.15) is 27.0 Å². The highest BCUT2D eigenvalue weighted by molar-refractivity contribution is 5.98. The van der Waals surface area contributed by atoms with Gasteiger partial charge in [0.05, 0.1) is 5.56 Å². The number of carboxylic acids is 1. The molecule has 2 aromatic carbocycles. The van der Waals surface area contributed by atoms with Crippen LogP contribution in [0.25, 0.3) is 10.8 Å². The predicted molar refractivity (Wildman–Crippen MR) is 66.8 cm³/mol. The Morgan fingerprint density at radius 2 is 1.71 bits per heavy atom. The van der Waals surface area contributed by atoms with Crippen LogP contribution in [0.5, 0.6) is 5.75 Å². The molecule has 3 heteroatoms. The van der Waals surface area contributed by atoms with Gasteiger partial charge >= 0.3 is 5.97 Å². The van der Waals surface area contributed by atoms with E-state index in [0.717, 1.165) is 21.9 Å². The molecule has 0 spiro atoms. The minimum Gasteiger partial charge on any atom is -0.508 e. The molecule has 0 aliphatic rings. The summed E-state index contributed by atoms with van der Waals surface area (Å²) in [6.45, 7) is 5.47. The first-order chi connectivity index (χ1) is 7.91. The van der Waals surface area contributed by atoms with Crippen LogP contribution in [0, 0.1) is 20.8 Å². The molecule has 3 nitrogen and oxygen atoms in total. The van der Waals surface area contributed by atoms with Crippen LogP contribution in [0.2, 0.25) is 0 Å². The fourth-order valence-corrected chi connectivity index (χ4v) is 2.05. The summed E-state index contributed by atoms with van der Waals surface area (Å²) in [7, 11) is 0. The van der Waals surface area contributed by atoms with E-state index in [0.29, 0.717) is 11.1 Å². The second kappa shape index (κ2) is 3.77. The monoisotopic (exact) mass is 230 g/mol. The number of hydrogen-bond acceptors (Lipinski definition) is 2. The predicted octanol–water partition coefficient (Wildman–Crippen LogP) is 3.17. The highest BCUT2D eigenvalue weighted by atomic mass is 16.4. The molecular formula is C14H14O3. The number of benzene rings is 2. The van der Waals surface area contributed by atoms with Crippen LogP contribution in [0.4, 0.5) is 0 Å². The van der Waals surface area contributed by atoms with E-state index in [2.05, 4.69) is 0 Å². The molecule has 2 aromatic rings. The maximum atomic E-state index is 11.1. The van der Waals surface area contributed by atoms with E-state index in [4.69, 9.17) is 5.11 Å². The van der Waals surface area contributed by atoms with Gasteiger partial charge in [-0.05, 0) is 60.4 Å². The molecular weight excluding hydrogens is 216 g/mol. The zero-order valence-corrected chi connectivity index (χ0v) is 10.0. The number of carbonyl (C=O) groups is 1. The van der Waals surface area contributed by atoms with Gasteiger partial charge in [-0.2, -0.15) is 0 Å². The van der Waals surface area contributed by atoms with Crippen molar-refractivity contribution in [2.45, 2.75) is 20.8 Å². The van der Waals surface area contributed by atoms with Crippen molar-refractivity contribution >= 4 is 16.7 Å². The summed E-state index contributed by atoms with van der Waals surface area (Å²) >= 11 is 0. The Kier molecular flexibility index (Phi) is 2.54. The summed E-state index contributed by atoms with van der Waals surface area (Å²) in [5, 5.41) is 20.6. The van der Waals surface area contributed by atoms with Crippen LogP contribution in [0.3, 0.4) is 0 Å². The van der Waals surface area contributed by atoms with Crippen LogP contribution >= 0.6 is 0 Å². The van der Waals surface area contributed by atoms with E-state index in [9.17, 15) is 9.90 Å². The van der Waals surface area contributed by atoms with Crippen molar-refractivity contribution in [3.05, 3.63) is 40.5 Å². The number of hydrogen-bond donors (Lipinski definition) is 2. The van der Waals surface area contributed by atoms with E-state index in [1.165, 1.54) is 0 Å². The van der Waals surface area contributed by atoms with Gasteiger partial charge < -0.3 is 10.2 Å². The largest absolute Gasteiger partial charge is 0.508 e. The molecule has 0 amide bonds. The van der Waals surface area contributed by atoms with Crippen molar-refractivity contribution in [2.24, 2.45) is 0 Å². The number of aromatic carboxylic acids is 1. The number of aromatic hydroxyl groups is 1. The summed E-state index contributed by atoms with van der Waals surface area (Å²) in [5.41, 5.74) is 2.72. The molecule has 2 N–H and O–H groups in total. The first kappa shape index (κ1) is 11.5. The lowest BCUT2D eigenvalue weighted by Crippen LogP contribution is -2.00. The smallest absolute Gasteiger partial charge is 0.335 e. The minimum atomic E-state index is -0.922. The molecule has 0 saturated heterocycles. The van der Waals surface area contributed by atoms with Crippen molar-refractivity contribution in [2.75, 3.05) is 0 Å². The maximum Gasteiger partial charge on any atom is 0.335 e. The molecule has 0 fully saturated rings. The molecule has 2 rings (SSSR count). The molecule has 0 saturated carbocycles. The zero-order chi connectivity index (χ0) is 12.7. The number of phenolic OH excluding ortho intramolecular Hbond substituents is 1. The lowest BCUT2D eigenvalue weighted by molar-refractivity contribution is 0.0696. The first-order valence-corrected chi connectivity index (χ1v) is 5.38. The Hall–Kier alpha value is -2.03. The Morgan fingerprint density at radius 1 is 1.06 bits per heavy atom. The van der Waals surface area contributed by atoms with E-state index in [1.54, 1.807) is 25.1 Å². The third-order valence-corrected chi connectivity index (χ3v) is 3.27. The highest BCUT2D eigenvalue weighted by Gasteiger charge is 2.12. The van der Waals surface area contributed by atoms with E-state index in [1.807, 2.05) is 13.8 Å². The SMILES string of the molecule is Cc1cc2cc(O)c(C)c(C)c2cc1C(=O)O. The van der Waals surface area contributed by atoms with Gasteiger partial charge in [0.15, 0.2) is 0 Å². The summed E-state index contributed by atoms with van der Waals surface area (Å²) in [6, 6.07) is 5.15. The summed E-state index contributed by atoms with van der Waals surface area (Å²) in [6.07, 6.45) is 0. The number of phenols is 1. The molecule has 0 aliphatic carbocycles. The maximum absolute atomic E-state index is 11.1. The first-order valence-electron chi connectivity index (χ1n) is 5.38. The van der Waals surface area contributed by atoms with Crippen molar-refractivity contribution < 1.29 is 15.0 Å². The molecule has 0 unspecified atom stereocenters. The van der Waals surface area contributed by atoms with Crippen LogP contribution in [0.15, 0.2) is 18.2 Å². The Labute approximate surface area is 99.3 Å². The van der Waals surface area contributed by atoms with Crippen LogP contribution < -0.4 is 0 Å². The number of fused-ring (bicyclic) bond motifs is 1. The molecule has 0 aromatic heterocycles.